The molecule has 6 rings (SSSR count). The molecule has 1 spiro atoms. The summed E-state index contributed by atoms with van der Waals surface area (Å²) in [5.74, 6) is 1.31. The molecule has 1 atom stereocenters. The standard InChI is InChI=1S/C23H26N8S/c1-15-16-3-2-9-29(16)10-5-18(15)32-22-21(25)28-19(13-26-22)30-11-6-23(7-12-30)14-31-17(20(23)24)4-8-27-31/h2-5,8-10,13,20H,6-7,11-12,14,24H2,1H3,(H2,25,28)/t20-/m1/s1. The Kier molecular flexibility index (Phi) is 4.44. The van der Waals surface area contributed by atoms with Gasteiger partial charge in [0, 0.05) is 54.1 Å². The summed E-state index contributed by atoms with van der Waals surface area (Å²) in [5.41, 5.74) is 16.6. The van der Waals surface area contributed by atoms with Crippen molar-refractivity contribution in [1.29, 1.82) is 0 Å². The molecule has 4 N–H and O–H groups in total. The van der Waals surface area contributed by atoms with Crippen LogP contribution >= 0.6 is 11.8 Å². The van der Waals surface area contributed by atoms with Gasteiger partial charge in [-0.3, -0.25) is 4.68 Å². The van der Waals surface area contributed by atoms with Gasteiger partial charge in [0.05, 0.1) is 17.9 Å². The maximum atomic E-state index is 6.61. The molecule has 2 aliphatic heterocycles. The van der Waals surface area contributed by atoms with Crippen LogP contribution in [0.1, 0.15) is 30.1 Å². The second-order valence-corrected chi connectivity index (χ2v) is 9.90. The highest BCUT2D eigenvalue weighted by atomic mass is 32.2. The van der Waals surface area contributed by atoms with E-state index in [1.165, 1.54) is 11.1 Å². The van der Waals surface area contributed by atoms with Crippen molar-refractivity contribution in [3.63, 3.8) is 0 Å². The van der Waals surface area contributed by atoms with Gasteiger partial charge < -0.3 is 20.8 Å². The lowest BCUT2D eigenvalue weighted by Crippen LogP contribution is -2.45. The first kappa shape index (κ1) is 19.6. The lowest BCUT2D eigenvalue weighted by molar-refractivity contribution is 0.170. The van der Waals surface area contributed by atoms with Gasteiger partial charge in [-0.15, -0.1) is 0 Å². The smallest absolute Gasteiger partial charge is 0.158 e. The summed E-state index contributed by atoms with van der Waals surface area (Å²) >= 11 is 1.57. The third-order valence-electron chi connectivity index (χ3n) is 7.15. The van der Waals surface area contributed by atoms with Crippen LogP contribution in [0.15, 0.2) is 59.0 Å². The zero-order valence-corrected chi connectivity index (χ0v) is 18.8. The first-order chi connectivity index (χ1) is 15.5. The number of anilines is 2. The van der Waals surface area contributed by atoms with E-state index < -0.39 is 0 Å². The molecule has 0 unspecified atom stereocenters. The molecule has 1 saturated heterocycles. The number of pyridine rings is 1. The summed E-state index contributed by atoms with van der Waals surface area (Å²) in [6.07, 6.45) is 9.81. The number of hydrogen-bond donors (Lipinski definition) is 2. The lowest BCUT2D eigenvalue weighted by Gasteiger charge is -2.41. The topological polar surface area (TPSA) is 103 Å². The zero-order chi connectivity index (χ0) is 21.9. The van der Waals surface area contributed by atoms with E-state index >= 15 is 0 Å². The molecule has 4 aromatic heterocycles. The molecule has 1 fully saturated rings. The Hall–Kier alpha value is -3.04. The molecule has 32 heavy (non-hydrogen) atoms. The second-order valence-electron chi connectivity index (χ2n) is 8.87. The van der Waals surface area contributed by atoms with E-state index in [9.17, 15) is 0 Å². The summed E-state index contributed by atoms with van der Waals surface area (Å²) in [4.78, 5) is 12.8. The molecule has 4 aromatic rings. The molecule has 0 amide bonds. The Balaban J connectivity index is 1.18. The monoisotopic (exact) mass is 446 g/mol. The van der Waals surface area contributed by atoms with E-state index in [4.69, 9.17) is 16.5 Å². The number of aromatic nitrogens is 5. The summed E-state index contributed by atoms with van der Waals surface area (Å²) in [7, 11) is 0. The average Bonchev–Trinajstić information content (AvgIpc) is 3.51. The van der Waals surface area contributed by atoms with Crippen LogP contribution < -0.4 is 16.4 Å². The zero-order valence-electron chi connectivity index (χ0n) is 18.0. The van der Waals surface area contributed by atoms with Gasteiger partial charge in [0.25, 0.3) is 0 Å². The summed E-state index contributed by atoms with van der Waals surface area (Å²) < 4.78 is 4.18. The number of piperidine rings is 1. The van der Waals surface area contributed by atoms with E-state index in [1.54, 1.807) is 11.8 Å². The minimum absolute atomic E-state index is 0.0447. The lowest BCUT2D eigenvalue weighted by atomic mass is 9.73. The van der Waals surface area contributed by atoms with Crippen LogP contribution in [0.3, 0.4) is 0 Å². The van der Waals surface area contributed by atoms with Crippen molar-refractivity contribution in [2.45, 2.75) is 42.3 Å². The molecule has 9 heteroatoms. The van der Waals surface area contributed by atoms with Crippen molar-refractivity contribution in [1.82, 2.24) is 24.1 Å². The van der Waals surface area contributed by atoms with Gasteiger partial charge in [-0.2, -0.15) is 5.10 Å². The van der Waals surface area contributed by atoms with Crippen LogP contribution in [0.2, 0.25) is 0 Å². The van der Waals surface area contributed by atoms with Crippen molar-refractivity contribution in [3.05, 3.63) is 60.3 Å². The molecule has 0 radical (unpaired) electrons. The van der Waals surface area contributed by atoms with Crippen molar-refractivity contribution >= 4 is 28.9 Å². The third kappa shape index (κ3) is 2.99. The fraction of sp³-hybridized carbons (Fsp3) is 0.348. The predicted octanol–water partition coefficient (Wildman–Crippen LogP) is 3.27. The maximum Gasteiger partial charge on any atom is 0.158 e. The molecule has 2 aliphatic rings. The maximum absolute atomic E-state index is 6.61. The van der Waals surface area contributed by atoms with E-state index in [2.05, 4.69) is 61.6 Å². The average molecular weight is 447 g/mol. The van der Waals surface area contributed by atoms with Crippen LogP contribution in [-0.2, 0) is 6.54 Å². The minimum atomic E-state index is 0.0447. The molecule has 0 aromatic carbocycles. The van der Waals surface area contributed by atoms with Crippen LogP contribution in [0.5, 0.6) is 0 Å². The first-order valence-electron chi connectivity index (χ1n) is 10.9. The molecule has 0 bridgehead atoms. The molecule has 6 heterocycles. The van der Waals surface area contributed by atoms with Gasteiger partial charge in [0.15, 0.2) is 5.82 Å². The highest BCUT2D eigenvalue weighted by Gasteiger charge is 2.47. The summed E-state index contributed by atoms with van der Waals surface area (Å²) in [5, 5.41) is 5.17. The van der Waals surface area contributed by atoms with Gasteiger partial charge in [0.2, 0.25) is 0 Å². The number of nitrogens with zero attached hydrogens (tertiary/aromatic N) is 6. The van der Waals surface area contributed by atoms with Crippen LogP contribution in [-0.4, -0.2) is 37.2 Å². The molecular weight excluding hydrogens is 420 g/mol. The van der Waals surface area contributed by atoms with Gasteiger partial charge in [-0.05, 0) is 49.6 Å². The van der Waals surface area contributed by atoms with E-state index in [1.807, 2.05) is 18.5 Å². The number of fused-ring (bicyclic) bond motifs is 2. The largest absolute Gasteiger partial charge is 0.381 e. The Labute approximate surface area is 190 Å². The number of aryl methyl sites for hydroxylation is 1. The van der Waals surface area contributed by atoms with Gasteiger partial charge >= 0.3 is 0 Å². The third-order valence-corrected chi connectivity index (χ3v) is 8.32. The van der Waals surface area contributed by atoms with Crippen LogP contribution in [0.4, 0.5) is 11.6 Å². The molecule has 0 aliphatic carbocycles. The molecule has 8 nitrogen and oxygen atoms in total. The van der Waals surface area contributed by atoms with Crippen molar-refractivity contribution < 1.29 is 0 Å². The highest BCUT2D eigenvalue weighted by molar-refractivity contribution is 7.99. The van der Waals surface area contributed by atoms with Crippen LogP contribution in [0, 0.1) is 12.3 Å². The van der Waals surface area contributed by atoms with E-state index in [0.29, 0.717) is 5.82 Å². The highest BCUT2D eigenvalue weighted by Crippen LogP contribution is 2.48. The Morgan fingerprint density at radius 2 is 2.00 bits per heavy atom. The van der Waals surface area contributed by atoms with Crippen molar-refractivity contribution in [3.8, 4) is 0 Å². The van der Waals surface area contributed by atoms with Gasteiger partial charge in [0.1, 0.15) is 10.8 Å². The Morgan fingerprint density at radius 1 is 1.16 bits per heavy atom. The normalized spacial score (nSPS) is 19.7. The number of nitrogen functional groups attached to an aromatic ring is 1. The Morgan fingerprint density at radius 3 is 2.78 bits per heavy atom. The summed E-state index contributed by atoms with van der Waals surface area (Å²) in [6.45, 7) is 4.81. The summed E-state index contributed by atoms with van der Waals surface area (Å²) in [6, 6.07) is 8.36. The minimum Gasteiger partial charge on any atom is -0.381 e. The van der Waals surface area contributed by atoms with Gasteiger partial charge in [-0.1, -0.05) is 11.8 Å². The number of hydrogen-bond acceptors (Lipinski definition) is 7. The van der Waals surface area contributed by atoms with E-state index in [-0.39, 0.29) is 11.5 Å². The number of nitrogens with two attached hydrogens (primary N) is 2. The fourth-order valence-corrected chi connectivity index (χ4v) is 6.02. The predicted molar refractivity (Wildman–Crippen MR) is 126 cm³/mol. The molecule has 164 valence electrons. The fourth-order valence-electron chi connectivity index (χ4n) is 5.17. The second kappa shape index (κ2) is 7.25. The van der Waals surface area contributed by atoms with Crippen molar-refractivity contribution in [2.75, 3.05) is 23.7 Å². The molecular formula is C23H26N8S. The van der Waals surface area contributed by atoms with Crippen molar-refractivity contribution in [2.24, 2.45) is 11.1 Å². The van der Waals surface area contributed by atoms with Crippen LogP contribution in [0.25, 0.3) is 5.52 Å². The van der Waals surface area contributed by atoms with Gasteiger partial charge in [-0.25, -0.2) is 9.97 Å². The van der Waals surface area contributed by atoms with E-state index in [0.717, 1.165) is 53.9 Å². The number of rotatable bonds is 3. The molecule has 0 saturated carbocycles. The Bertz CT molecular complexity index is 1300. The first-order valence-corrected chi connectivity index (χ1v) is 11.7. The quantitative estimate of drug-likeness (QED) is 0.498. The SMILES string of the molecule is Cc1c(Sc2ncc(N3CCC4(CC3)Cn3nccc3[C@H]4N)nc2N)ccn2cccc12.